The van der Waals surface area contributed by atoms with E-state index in [2.05, 4.69) is 262 Å². The van der Waals surface area contributed by atoms with E-state index in [1.807, 2.05) is 0 Å². The summed E-state index contributed by atoms with van der Waals surface area (Å²) in [5.74, 6) is 0. The van der Waals surface area contributed by atoms with Gasteiger partial charge in [-0.3, -0.25) is 0 Å². The lowest BCUT2D eigenvalue weighted by Crippen LogP contribution is -1.99. The van der Waals surface area contributed by atoms with Crippen molar-refractivity contribution in [2.75, 3.05) is 0 Å². The van der Waals surface area contributed by atoms with Crippen LogP contribution in [0.15, 0.2) is 206 Å². The van der Waals surface area contributed by atoms with E-state index >= 15 is 0 Å². The highest BCUT2D eigenvalue weighted by molar-refractivity contribution is 6.26. The lowest BCUT2D eigenvalue weighted by Gasteiger charge is -2.26. The molecule has 0 unspecified atom stereocenters. The zero-order chi connectivity index (χ0) is 48.2. The van der Waals surface area contributed by atoms with Crippen LogP contribution in [0.25, 0.3) is 111 Å². The Hall–Kier alpha value is -8.06. The summed E-state index contributed by atoms with van der Waals surface area (Å²) in [7, 11) is 0. The molecule has 0 aliphatic rings. The summed E-state index contributed by atoms with van der Waals surface area (Å²) in [5.41, 5.74) is 29.6. The highest BCUT2D eigenvalue weighted by Crippen LogP contribution is 2.54. The molecule has 0 amide bonds. The molecule has 11 aromatic rings. The third-order valence-corrected chi connectivity index (χ3v) is 14.1. The van der Waals surface area contributed by atoms with Gasteiger partial charge in [0, 0.05) is 0 Å². The third kappa shape index (κ3) is 8.35. The number of hydrogen-bond donors (Lipinski definition) is 0. The van der Waals surface area contributed by atoms with Gasteiger partial charge >= 0.3 is 0 Å². The highest BCUT2D eigenvalue weighted by atomic mass is 14.3. The first-order valence-corrected chi connectivity index (χ1v) is 24.7. The maximum atomic E-state index is 2.49. The summed E-state index contributed by atoms with van der Waals surface area (Å²) in [6, 6.07) is 78.4. The highest BCUT2D eigenvalue weighted by Gasteiger charge is 2.26. The van der Waals surface area contributed by atoms with Crippen LogP contribution in [0.4, 0.5) is 0 Å². The Morgan fingerprint density at radius 3 is 0.714 bits per heavy atom. The molecule has 0 saturated carbocycles. The Bertz CT molecular complexity index is 3350. The molecule has 0 aliphatic carbocycles. The molecule has 11 aromatic carbocycles. The molecular formula is C70H58. The number of benzene rings is 11. The van der Waals surface area contributed by atoms with Crippen molar-refractivity contribution in [3.63, 3.8) is 0 Å². The van der Waals surface area contributed by atoms with E-state index in [0.29, 0.717) is 0 Å². The van der Waals surface area contributed by atoms with E-state index < -0.39 is 0 Å². The number of aryl methyl sites for hydroxylation is 8. The molecule has 0 saturated heterocycles. The molecule has 0 radical (unpaired) electrons. The predicted octanol–water partition coefficient (Wildman–Crippen LogP) is 19.8. The van der Waals surface area contributed by atoms with Gasteiger partial charge in [0.1, 0.15) is 0 Å². The first kappa shape index (κ1) is 44.4. The number of rotatable bonds is 8. The van der Waals surface area contributed by atoms with Crippen LogP contribution in [0.5, 0.6) is 0 Å². The van der Waals surface area contributed by atoms with Crippen LogP contribution in [0, 0.1) is 55.4 Å². The zero-order valence-corrected chi connectivity index (χ0v) is 41.6. The second-order valence-electron chi connectivity index (χ2n) is 20.0. The standard InChI is InChI=1S/C70H58/c1-43-29-44(2)34-55(33-43)59-21-15-22-60(56-35-45(3)30-46(4)36-56)67(59)69-63-27-25-54(52-19-13-10-14-20-52)42-66(63)70(64-28-26-53(41-65(64)69)51-17-11-9-12-18-51)68-61(57-37-47(5)31-48(6)38-57)23-16-24-62(68)58-39-49(7)32-50(8)40-58/h9-42H,1-8H3. The van der Waals surface area contributed by atoms with E-state index in [9.17, 15) is 0 Å². The van der Waals surface area contributed by atoms with E-state index in [-0.39, 0.29) is 0 Å². The molecule has 70 heavy (non-hydrogen) atoms. The van der Waals surface area contributed by atoms with Crippen molar-refractivity contribution >= 4 is 21.5 Å². The second-order valence-corrected chi connectivity index (χ2v) is 20.0. The Kier molecular flexibility index (Phi) is 11.5. The van der Waals surface area contributed by atoms with Gasteiger partial charge in [0.25, 0.3) is 0 Å². The van der Waals surface area contributed by atoms with Crippen LogP contribution in [-0.2, 0) is 0 Å². The molecule has 0 aliphatic heterocycles. The topological polar surface area (TPSA) is 0 Å². The molecule has 0 N–H and O–H groups in total. The monoisotopic (exact) mass is 898 g/mol. The molecule has 0 heteroatoms. The normalized spacial score (nSPS) is 11.4. The van der Waals surface area contributed by atoms with Crippen molar-refractivity contribution in [2.24, 2.45) is 0 Å². The fraction of sp³-hybridized carbons (Fsp3) is 0.114. The summed E-state index contributed by atoms with van der Waals surface area (Å²) in [4.78, 5) is 0. The maximum Gasteiger partial charge on any atom is -0.00137 e. The Morgan fingerprint density at radius 2 is 0.443 bits per heavy atom. The van der Waals surface area contributed by atoms with Gasteiger partial charge in [-0.15, -0.1) is 0 Å². The van der Waals surface area contributed by atoms with Crippen LogP contribution in [0.1, 0.15) is 44.5 Å². The van der Waals surface area contributed by atoms with E-state index in [1.54, 1.807) is 0 Å². The van der Waals surface area contributed by atoms with Crippen molar-refractivity contribution in [1.82, 2.24) is 0 Å². The summed E-state index contributed by atoms with van der Waals surface area (Å²) < 4.78 is 0. The smallest absolute Gasteiger partial charge is 0.00137 e. The van der Waals surface area contributed by atoms with Gasteiger partial charge in [-0.2, -0.15) is 0 Å². The van der Waals surface area contributed by atoms with Gasteiger partial charge in [-0.25, -0.2) is 0 Å². The minimum atomic E-state index is 1.19. The summed E-state index contributed by atoms with van der Waals surface area (Å²) in [5, 5.41) is 4.88. The Balaban J connectivity index is 1.40. The molecular weight excluding hydrogens is 841 g/mol. The van der Waals surface area contributed by atoms with Gasteiger partial charge in [-0.05, 0) is 178 Å². The summed E-state index contributed by atoms with van der Waals surface area (Å²) in [6.45, 7) is 17.8. The molecule has 11 rings (SSSR count). The SMILES string of the molecule is Cc1cc(C)cc(-c2cccc(-c3cc(C)cc(C)c3)c2-c2c3ccc(-c4ccccc4)cc3c(-c3c(-c4cc(C)cc(C)c4)cccc3-c3cc(C)cc(C)c3)c3ccc(-c4ccccc4)cc23)c1. The lowest BCUT2D eigenvalue weighted by molar-refractivity contribution is 1.37. The lowest BCUT2D eigenvalue weighted by atomic mass is 9.77. The average molecular weight is 899 g/mol. The zero-order valence-electron chi connectivity index (χ0n) is 41.6. The third-order valence-electron chi connectivity index (χ3n) is 14.1. The first-order chi connectivity index (χ1) is 33.9. The van der Waals surface area contributed by atoms with Crippen molar-refractivity contribution < 1.29 is 0 Å². The van der Waals surface area contributed by atoms with Crippen molar-refractivity contribution in [2.45, 2.75) is 55.4 Å². The minimum absolute atomic E-state index is 1.19. The second kappa shape index (κ2) is 18.1. The quantitative estimate of drug-likeness (QED) is 0.133. The molecule has 0 heterocycles. The Labute approximate surface area is 414 Å². The summed E-state index contributed by atoms with van der Waals surface area (Å²) >= 11 is 0. The predicted molar refractivity (Wildman–Crippen MR) is 303 cm³/mol. The first-order valence-electron chi connectivity index (χ1n) is 24.7. The Morgan fingerprint density at radius 1 is 0.171 bits per heavy atom. The number of hydrogen-bond acceptors (Lipinski definition) is 0. The van der Waals surface area contributed by atoms with Crippen LogP contribution in [0.3, 0.4) is 0 Å². The maximum absolute atomic E-state index is 2.49. The molecule has 338 valence electrons. The van der Waals surface area contributed by atoms with E-state index in [4.69, 9.17) is 0 Å². The minimum Gasteiger partial charge on any atom is -0.0622 e. The van der Waals surface area contributed by atoms with Gasteiger partial charge in [-0.1, -0.05) is 239 Å². The molecule has 0 bridgehead atoms. The van der Waals surface area contributed by atoms with Crippen molar-refractivity contribution in [3.05, 3.63) is 251 Å². The average Bonchev–Trinajstić information content (AvgIpc) is 3.34. The summed E-state index contributed by atoms with van der Waals surface area (Å²) in [6.07, 6.45) is 0. The van der Waals surface area contributed by atoms with E-state index in [0.717, 1.165) is 0 Å². The molecule has 0 nitrogen and oxygen atoms in total. The fourth-order valence-corrected chi connectivity index (χ4v) is 11.5. The van der Waals surface area contributed by atoms with Gasteiger partial charge < -0.3 is 0 Å². The van der Waals surface area contributed by atoms with Gasteiger partial charge in [0.05, 0.1) is 0 Å². The fourth-order valence-electron chi connectivity index (χ4n) is 11.5. The largest absolute Gasteiger partial charge is 0.0622 e. The van der Waals surface area contributed by atoms with Crippen LogP contribution in [0.2, 0.25) is 0 Å². The van der Waals surface area contributed by atoms with E-state index in [1.165, 1.54) is 155 Å². The molecule has 0 spiro atoms. The van der Waals surface area contributed by atoms with Crippen LogP contribution >= 0.6 is 0 Å². The van der Waals surface area contributed by atoms with Crippen LogP contribution in [-0.4, -0.2) is 0 Å². The van der Waals surface area contributed by atoms with Gasteiger partial charge in [0.2, 0.25) is 0 Å². The molecule has 0 atom stereocenters. The molecule has 0 aromatic heterocycles. The van der Waals surface area contributed by atoms with Crippen LogP contribution < -0.4 is 0 Å². The molecule has 0 fully saturated rings. The van der Waals surface area contributed by atoms with Crippen molar-refractivity contribution in [1.29, 1.82) is 0 Å². The van der Waals surface area contributed by atoms with Gasteiger partial charge in [0.15, 0.2) is 0 Å². The number of fused-ring (bicyclic) bond motifs is 2. The van der Waals surface area contributed by atoms with Crippen molar-refractivity contribution in [3.8, 4) is 89.0 Å².